The van der Waals surface area contributed by atoms with Crippen LogP contribution in [0.3, 0.4) is 0 Å². The van der Waals surface area contributed by atoms with E-state index in [2.05, 4.69) is 5.32 Å². The van der Waals surface area contributed by atoms with Gasteiger partial charge >= 0.3 is 6.03 Å². The van der Waals surface area contributed by atoms with Gasteiger partial charge in [0.15, 0.2) is 5.54 Å². The lowest BCUT2D eigenvalue weighted by Crippen LogP contribution is -2.47. The summed E-state index contributed by atoms with van der Waals surface area (Å²) < 4.78 is 14.4. The number of halogens is 1. The van der Waals surface area contributed by atoms with Gasteiger partial charge in [0.05, 0.1) is 0 Å². The van der Waals surface area contributed by atoms with E-state index in [9.17, 15) is 18.8 Å². The zero-order valence-corrected chi connectivity index (χ0v) is 19.7. The zero-order chi connectivity index (χ0) is 24.4. The fourth-order valence-corrected chi connectivity index (χ4v) is 6.00. The SMILES string of the molecule is O=C1N[C@](Cc2ccccc2)(c2ccccc2)C(=O)N1CC(=O)N1CCS[C@H]1c1ccccc1F. The summed E-state index contributed by atoms with van der Waals surface area (Å²) in [7, 11) is 0. The molecule has 0 radical (unpaired) electrons. The van der Waals surface area contributed by atoms with Gasteiger partial charge in [-0.25, -0.2) is 9.18 Å². The number of urea groups is 1. The number of imide groups is 1. The number of benzene rings is 3. The molecule has 178 valence electrons. The summed E-state index contributed by atoms with van der Waals surface area (Å²) in [5.41, 5.74) is 0.639. The van der Waals surface area contributed by atoms with Crippen LogP contribution in [0.15, 0.2) is 84.9 Å². The van der Waals surface area contributed by atoms with E-state index in [-0.39, 0.29) is 12.2 Å². The molecule has 8 heteroatoms. The molecule has 3 aromatic carbocycles. The molecule has 0 aromatic heterocycles. The molecule has 2 aliphatic heterocycles. The van der Waals surface area contributed by atoms with E-state index in [4.69, 9.17) is 0 Å². The first-order chi connectivity index (χ1) is 17.0. The fraction of sp³-hybridized carbons (Fsp3) is 0.222. The molecule has 2 fully saturated rings. The topological polar surface area (TPSA) is 69.7 Å². The lowest BCUT2D eigenvalue weighted by molar-refractivity contribution is -0.139. The number of carbonyl (C=O) groups is 3. The van der Waals surface area contributed by atoms with Crippen molar-refractivity contribution in [2.45, 2.75) is 17.3 Å². The van der Waals surface area contributed by atoms with Crippen molar-refractivity contribution >= 4 is 29.6 Å². The Bertz CT molecular complexity index is 1260. The van der Waals surface area contributed by atoms with E-state index < -0.39 is 35.3 Å². The summed E-state index contributed by atoms with van der Waals surface area (Å²) in [5, 5.41) is 2.39. The quantitative estimate of drug-likeness (QED) is 0.530. The van der Waals surface area contributed by atoms with E-state index in [1.54, 1.807) is 35.2 Å². The van der Waals surface area contributed by atoms with Crippen LogP contribution in [0.4, 0.5) is 9.18 Å². The fourth-order valence-electron chi connectivity index (χ4n) is 4.70. The number of rotatable bonds is 6. The maximum atomic E-state index is 14.4. The predicted octanol–water partition coefficient (Wildman–Crippen LogP) is 4.09. The van der Waals surface area contributed by atoms with E-state index >= 15 is 0 Å². The van der Waals surface area contributed by atoms with Gasteiger partial charge in [0.1, 0.15) is 17.7 Å². The molecule has 35 heavy (non-hydrogen) atoms. The highest BCUT2D eigenvalue weighted by Gasteiger charge is 2.53. The first kappa shape index (κ1) is 23.1. The van der Waals surface area contributed by atoms with Crippen molar-refractivity contribution in [3.63, 3.8) is 0 Å². The van der Waals surface area contributed by atoms with E-state index in [0.29, 0.717) is 23.4 Å². The second-order valence-corrected chi connectivity index (χ2v) is 9.78. The van der Waals surface area contributed by atoms with Crippen LogP contribution in [0.25, 0.3) is 0 Å². The van der Waals surface area contributed by atoms with Gasteiger partial charge in [0.25, 0.3) is 5.91 Å². The van der Waals surface area contributed by atoms with Crippen molar-refractivity contribution < 1.29 is 18.8 Å². The van der Waals surface area contributed by atoms with E-state index in [1.807, 2.05) is 48.5 Å². The molecule has 0 spiro atoms. The number of carbonyl (C=O) groups excluding carboxylic acids is 3. The number of amides is 4. The van der Waals surface area contributed by atoms with Crippen molar-refractivity contribution in [1.29, 1.82) is 0 Å². The molecule has 5 rings (SSSR count). The molecule has 2 heterocycles. The van der Waals surface area contributed by atoms with Crippen LogP contribution in [0, 0.1) is 5.82 Å². The lowest BCUT2D eigenvalue weighted by Gasteiger charge is -2.28. The molecule has 1 N–H and O–H groups in total. The van der Waals surface area contributed by atoms with E-state index in [1.165, 1.54) is 17.8 Å². The van der Waals surface area contributed by atoms with Crippen LogP contribution in [0.5, 0.6) is 0 Å². The smallest absolute Gasteiger partial charge is 0.324 e. The molecule has 0 bridgehead atoms. The molecule has 2 atom stereocenters. The minimum Gasteiger partial charge on any atom is -0.324 e. The Morgan fingerprint density at radius 3 is 2.34 bits per heavy atom. The van der Waals surface area contributed by atoms with Gasteiger partial charge in [-0.3, -0.25) is 14.5 Å². The van der Waals surface area contributed by atoms with Crippen LogP contribution >= 0.6 is 11.8 Å². The third-order valence-corrected chi connectivity index (χ3v) is 7.67. The van der Waals surface area contributed by atoms with Crippen molar-refractivity contribution in [3.8, 4) is 0 Å². The average Bonchev–Trinajstić information content (AvgIpc) is 3.45. The number of nitrogens with zero attached hydrogens (tertiary/aromatic N) is 2. The highest BCUT2D eigenvalue weighted by atomic mass is 32.2. The van der Waals surface area contributed by atoms with Gasteiger partial charge in [-0.05, 0) is 17.2 Å². The summed E-state index contributed by atoms with van der Waals surface area (Å²) in [6.45, 7) is 0.0134. The first-order valence-electron chi connectivity index (χ1n) is 11.4. The molecule has 0 unspecified atom stereocenters. The monoisotopic (exact) mass is 489 g/mol. The van der Waals surface area contributed by atoms with Crippen molar-refractivity contribution in [3.05, 3.63) is 107 Å². The number of thioether (sulfide) groups is 1. The minimum absolute atomic E-state index is 0.254. The summed E-state index contributed by atoms with van der Waals surface area (Å²) in [6, 6.07) is 24.3. The van der Waals surface area contributed by atoms with Crippen LogP contribution in [-0.4, -0.2) is 46.5 Å². The largest absolute Gasteiger partial charge is 0.325 e. The Labute approximate surface area is 207 Å². The van der Waals surface area contributed by atoms with Crippen LogP contribution in [0.1, 0.15) is 22.1 Å². The van der Waals surface area contributed by atoms with Gasteiger partial charge in [-0.15, -0.1) is 11.8 Å². The van der Waals surface area contributed by atoms with Gasteiger partial charge in [-0.1, -0.05) is 78.9 Å². The predicted molar refractivity (Wildman–Crippen MR) is 132 cm³/mol. The first-order valence-corrected chi connectivity index (χ1v) is 12.4. The highest BCUT2D eigenvalue weighted by molar-refractivity contribution is 7.99. The Kier molecular flexibility index (Phi) is 6.30. The molecule has 2 aliphatic rings. The zero-order valence-electron chi connectivity index (χ0n) is 18.9. The lowest BCUT2D eigenvalue weighted by atomic mass is 9.83. The average molecular weight is 490 g/mol. The third-order valence-electron chi connectivity index (χ3n) is 6.43. The van der Waals surface area contributed by atoms with Gasteiger partial charge in [-0.2, -0.15) is 0 Å². The van der Waals surface area contributed by atoms with Gasteiger partial charge < -0.3 is 10.2 Å². The van der Waals surface area contributed by atoms with Gasteiger partial charge in [0.2, 0.25) is 5.91 Å². The Morgan fingerprint density at radius 2 is 1.63 bits per heavy atom. The molecule has 0 aliphatic carbocycles. The molecular weight excluding hydrogens is 465 g/mol. The van der Waals surface area contributed by atoms with Crippen LogP contribution in [-0.2, 0) is 21.5 Å². The minimum atomic E-state index is -1.31. The van der Waals surface area contributed by atoms with Crippen molar-refractivity contribution in [2.24, 2.45) is 0 Å². The maximum Gasteiger partial charge on any atom is 0.325 e. The molecule has 6 nitrogen and oxygen atoms in total. The van der Waals surface area contributed by atoms with Crippen LogP contribution in [0.2, 0.25) is 0 Å². The molecule has 4 amide bonds. The Balaban J connectivity index is 1.42. The molecule has 0 saturated carbocycles. The normalized spacial score (nSPS) is 21.9. The van der Waals surface area contributed by atoms with Crippen molar-refractivity contribution in [1.82, 2.24) is 15.1 Å². The third kappa shape index (κ3) is 4.30. The number of hydrogen-bond acceptors (Lipinski definition) is 4. The van der Waals surface area contributed by atoms with Gasteiger partial charge in [0, 0.05) is 24.3 Å². The van der Waals surface area contributed by atoms with Crippen LogP contribution < -0.4 is 5.32 Å². The van der Waals surface area contributed by atoms with E-state index in [0.717, 1.165) is 10.5 Å². The van der Waals surface area contributed by atoms with Crippen molar-refractivity contribution in [2.75, 3.05) is 18.8 Å². The maximum absolute atomic E-state index is 14.4. The Morgan fingerprint density at radius 1 is 0.971 bits per heavy atom. The standard InChI is InChI=1S/C27H24FN3O3S/c28-22-14-8-7-13-21(22)24-30(15-16-35-24)23(32)18-31-25(33)27(29-26(31)34,20-11-5-2-6-12-20)17-19-9-3-1-4-10-19/h1-14,24H,15-18H2,(H,29,34)/t24-,27+/m0/s1. The molecule has 2 saturated heterocycles. The number of hydrogen-bond donors (Lipinski definition) is 1. The summed E-state index contributed by atoms with van der Waals surface area (Å²) in [5.74, 6) is -0.603. The summed E-state index contributed by atoms with van der Waals surface area (Å²) >= 11 is 1.47. The second-order valence-electron chi connectivity index (χ2n) is 8.59. The number of nitrogens with one attached hydrogen (secondary N) is 1. The molecule has 3 aromatic rings. The second kappa shape index (κ2) is 9.54. The molecular formula is C27H24FN3O3S. The highest BCUT2D eigenvalue weighted by Crippen LogP contribution is 2.39. The Hall–Kier alpha value is -3.65. The summed E-state index contributed by atoms with van der Waals surface area (Å²) in [4.78, 5) is 42.7. The summed E-state index contributed by atoms with van der Waals surface area (Å²) in [6.07, 6.45) is 0.254.